The predicted molar refractivity (Wildman–Crippen MR) is 116 cm³/mol. The molecule has 154 valence electrons. The number of rotatable bonds is 6. The van der Waals surface area contributed by atoms with Crippen molar-refractivity contribution in [2.45, 2.75) is 42.7 Å². The minimum atomic E-state index is -4.02. The summed E-state index contributed by atoms with van der Waals surface area (Å²) in [5.41, 5.74) is 1.16. The highest BCUT2D eigenvalue weighted by Crippen LogP contribution is 2.30. The fraction of sp³-hybridized carbons (Fsp3) is 0.286. The molecule has 0 saturated heterocycles. The van der Waals surface area contributed by atoms with Crippen molar-refractivity contribution in [2.24, 2.45) is 7.05 Å². The number of hydrogen-bond acceptors (Lipinski definition) is 3. The topological polar surface area (TPSA) is 61.1 Å². The molecule has 29 heavy (non-hydrogen) atoms. The number of aryl methyl sites for hydroxylation is 1. The molecule has 0 fully saturated rings. The number of aromatic nitrogens is 2. The van der Waals surface area contributed by atoms with Gasteiger partial charge in [0.15, 0.2) is 5.03 Å². The van der Waals surface area contributed by atoms with Gasteiger partial charge in [-0.25, -0.2) is 13.2 Å². The molecule has 0 saturated carbocycles. The van der Waals surface area contributed by atoms with E-state index in [9.17, 15) is 13.2 Å². The first kappa shape index (κ1) is 21.7. The number of halogens is 2. The van der Waals surface area contributed by atoms with E-state index in [2.05, 4.69) is 0 Å². The highest BCUT2D eigenvalue weighted by atomic mass is 35.5. The number of nitrogens with zero attached hydrogens (tertiary/aromatic N) is 2. The fourth-order valence-corrected chi connectivity index (χ4v) is 5.90. The van der Waals surface area contributed by atoms with Crippen molar-refractivity contribution in [3.63, 3.8) is 0 Å². The van der Waals surface area contributed by atoms with Gasteiger partial charge in [-0.15, -0.1) is 0 Å². The third-order valence-corrected chi connectivity index (χ3v) is 7.01. The quantitative estimate of drug-likeness (QED) is 0.544. The van der Waals surface area contributed by atoms with E-state index in [1.807, 2.05) is 30.3 Å². The maximum absolute atomic E-state index is 13.6. The average Bonchev–Trinajstić information content (AvgIpc) is 2.92. The Kier molecular flexibility index (Phi) is 6.27. The van der Waals surface area contributed by atoms with Crippen molar-refractivity contribution >= 4 is 33.0 Å². The molecule has 1 aromatic heterocycles. The molecule has 0 aliphatic rings. The monoisotopic (exact) mass is 452 g/mol. The van der Waals surface area contributed by atoms with Gasteiger partial charge in [0, 0.05) is 23.1 Å². The van der Waals surface area contributed by atoms with Gasteiger partial charge in [-0.1, -0.05) is 53.5 Å². The molecular formula is C21H22Cl2N2O3S. The third-order valence-electron chi connectivity index (χ3n) is 4.77. The Labute approximate surface area is 180 Å². The summed E-state index contributed by atoms with van der Waals surface area (Å²) < 4.78 is 29.9. The molecule has 0 aliphatic carbocycles. The lowest BCUT2D eigenvalue weighted by Gasteiger charge is -2.14. The zero-order valence-electron chi connectivity index (χ0n) is 16.4. The normalized spacial score (nSPS) is 11.9. The number of hydrogen-bond donors (Lipinski definition) is 0. The van der Waals surface area contributed by atoms with Crippen LogP contribution in [0.15, 0.2) is 63.2 Å². The first-order valence-corrected chi connectivity index (χ1v) is 11.4. The second kappa shape index (κ2) is 8.38. The van der Waals surface area contributed by atoms with Gasteiger partial charge in [0.25, 0.3) is 0 Å². The Morgan fingerprint density at radius 3 is 2.10 bits per heavy atom. The molecule has 2 aromatic carbocycles. The van der Waals surface area contributed by atoms with E-state index in [-0.39, 0.29) is 31.7 Å². The Morgan fingerprint density at radius 1 is 0.966 bits per heavy atom. The summed E-state index contributed by atoms with van der Waals surface area (Å²) in [6.45, 7) is 3.57. The minimum Gasteiger partial charge on any atom is -0.298 e. The van der Waals surface area contributed by atoms with E-state index in [4.69, 9.17) is 23.2 Å². The van der Waals surface area contributed by atoms with Gasteiger partial charge in [0.1, 0.15) is 0 Å². The molecule has 0 radical (unpaired) electrons. The maximum atomic E-state index is 13.6. The van der Waals surface area contributed by atoms with E-state index in [0.717, 1.165) is 5.56 Å². The first-order valence-electron chi connectivity index (χ1n) is 9.18. The summed E-state index contributed by atoms with van der Waals surface area (Å²) in [4.78, 5) is 12.9. The highest BCUT2D eigenvalue weighted by molar-refractivity contribution is 7.91. The lowest BCUT2D eigenvalue weighted by molar-refractivity contribution is 0.513. The summed E-state index contributed by atoms with van der Waals surface area (Å²) in [5.74, 6) is 0. The van der Waals surface area contributed by atoms with Crippen LogP contribution < -0.4 is 5.69 Å². The second-order valence-corrected chi connectivity index (χ2v) is 9.89. The molecule has 8 heteroatoms. The molecule has 3 rings (SSSR count). The summed E-state index contributed by atoms with van der Waals surface area (Å²) in [6.07, 6.45) is 1.01. The van der Waals surface area contributed by atoms with Crippen LogP contribution in [0.5, 0.6) is 0 Å². The number of sulfone groups is 1. The molecule has 0 N–H and O–H groups in total. The van der Waals surface area contributed by atoms with Crippen LogP contribution in [0.4, 0.5) is 0 Å². The SMILES string of the molecule is CC(C)n1c(S(=O)(=O)c2cc(Cl)cc(Cl)c2)c(CCc2ccccc2)n(C)c1=O. The summed E-state index contributed by atoms with van der Waals surface area (Å²) in [5, 5.41) is 0.432. The van der Waals surface area contributed by atoms with Crippen LogP contribution in [-0.4, -0.2) is 17.6 Å². The molecule has 3 aromatic rings. The molecular weight excluding hydrogens is 431 g/mol. The Morgan fingerprint density at radius 2 is 1.55 bits per heavy atom. The van der Waals surface area contributed by atoms with Crippen molar-refractivity contribution in [1.82, 2.24) is 9.13 Å². The van der Waals surface area contributed by atoms with Crippen molar-refractivity contribution in [1.29, 1.82) is 0 Å². The zero-order valence-corrected chi connectivity index (χ0v) is 18.7. The van der Waals surface area contributed by atoms with Gasteiger partial charge in [-0.2, -0.15) is 0 Å². The van der Waals surface area contributed by atoms with E-state index in [1.54, 1.807) is 20.9 Å². The molecule has 0 unspecified atom stereocenters. The van der Waals surface area contributed by atoms with Gasteiger partial charge in [0.05, 0.1) is 10.6 Å². The maximum Gasteiger partial charge on any atom is 0.329 e. The van der Waals surface area contributed by atoms with Gasteiger partial charge >= 0.3 is 5.69 Å². The first-order chi connectivity index (χ1) is 13.6. The van der Waals surface area contributed by atoms with Crippen molar-refractivity contribution in [2.75, 3.05) is 0 Å². The number of benzene rings is 2. The van der Waals surface area contributed by atoms with Gasteiger partial charge in [0.2, 0.25) is 9.84 Å². The van der Waals surface area contributed by atoms with E-state index in [0.29, 0.717) is 18.5 Å². The van der Waals surface area contributed by atoms with Gasteiger partial charge in [-0.05, 0) is 50.5 Å². The van der Waals surface area contributed by atoms with Crippen molar-refractivity contribution in [3.05, 3.63) is 80.3 Å². The summed E-state index contributed by atoms with van der Waals surface area (Å²) in [6, 6.07) is 13.6. The smallest absolute Gasteiger partial charge is 0.298 e. The van der Waals surface area contributed by atoms with Crippen LogP contribution in [0, 0.1) is 0 Å². The molecule has 0 aliphatic heterocycles. The molecule has 0 bridgehead atoms. The van der Waals surface area contributed by atoms with Crippen LogP contribution in [0.3, 0.4) is 0 Å². The molecule has 1 heterocycles. The summed E-state index contributed by atoms with van der Waals surface area (Å²) in [7, 11) is -2.42. The summed E-state index contributed by atoms with van der Waals surface area (Å²) >= 11 is 12.1. The zero-order chi connectivity index (χ0) is 21.3. The lowest BCUT2D eigenvalue weighted by atomic mass is 10.1. The molecule has 0 atom stereocenters. The van der Waals surface area contributed by atoms with Crippen LogP contribution in [0.2, 0.25) is 10.0 Å². The van der Waals surface area contributed by atoms with Crippen LogP contribution >= 0.6 is 23.2 Å². The molecule has 5 nitrogen and oxygen atoms in total. The van der Waals surface area contributed by atoms with Crippen molar-refractivity contribution in [3.8, 4) is 0 Å². The van der Waals surface area contributed by atoms with E-state index < -0.39 is 9.84 Å². The number of imidazole rings is 1. The van der Waals surface area contributed by atoms with Crippen molar-refractivity contribution < 1.29 is 8.42 Å². The Bertz CT molecular complexity index is 1180. The standard InChI is InChI=1S/C21H22Cl2N2O3S/c1-14(2)25-20(29(27,28)18-12-16(22)11-17(23)13-18)19(24(3)21(25)26)10-9-15-7-5-4-6-8-15/h4-8,11-14H,9-10H2,1-3H3. The van der Waals surface area contributed by atoms with Crippen LogP contribution in [0.25, 0.3) is 0 Å². The van der Waals surface area contributed by atoms with E-state index in [1.165, 1.54) is 27.3 Å². The van der Waals surface area contributed by atoms with Crippen LogP contribution in [0.1, 0.15) is 31.1 Å². The Balaban J connectivity index is 2.20. The second-order valence-electron chi connectivity index (χ2n) is 7.15. The predicted octanol–water partition coefficient (Wildman–Crippen LogP) is 4.69. The highest BCUT2D eigenvalue weighted by Gasteiger charge is 2.31. The minimum absolute atomic E-state index is 0.00531. The van der Waals surface area contributed by atoms with Crippen LogP contribution in [-0.2, 0) is 29.7 Å². The molecule has 0 amide bonds. The van der Waals surface area contributed by atoms with Gasteiger partial charge < -0.3 is 0 Å². The average molecular weight is 453 g/mol. The van der Waals surface area contributed by atoms with Gasteiger partial charge in [-0.3, -0.25) is 9.13 Å². The largest absolute Gasteiger partial charge is 0.329 e. The fourth-order valence-electron chi connectivity index (χ4n) is 3.36. The molecule has 0 spiro atoms. The lowest BCUT2D eigenvalue weighted by Crippen LogP contribution is -2.26. The van der Waals surface area contributed by atoms with E-state index >= 15 is 0 Å². The third kappa shape index (κ3) is 4.29. The Hall–Kier alpha value is -2.02.